The summed E-state index contributed by atoms with van der Waals surface area (Å²) in [6.07, 6.45) is 2.00. The minimum Gasteiger partial charge on any atom is -0.282 e. The van der Waals surface area contributed by atoms with Gasteiger partial charge in [0.05, 0.1) is 31.0 Å². The average Bonchev–Trinajstić information content (AvgIpc) is 2.99. The molecule has 0 saturated carbocycles. The molecular formula is C26H20N4O14S4. The first-order valence-electron chi connectivity index (χ1n) is 12.6. The zero-order valence-corrected chi connectivity index (χ0v) is 26.8. The molecule has 0 aliphatic rings. The van der Waals surface area contributed by atoms with Crippen molar-refractivity contribution >= 4 is 75.2 Å². The Hall–Kier alpha value is -5.26. The highest BCUT2D eigenvalue weighted by atomic mass is 32.2. The van der Waals surface area contributed by atoms with E-state index in [1.54, 1.807) is 0 Å². The van der Waals surface area contributed by atoms with Crippen LogP contribution >= 0.6 is 0 Å². The van der Waals surface area contributed by atoms with Crippen LogP contribution in [-0.4, -0.2) is 52.6 Å². The minimum absolute atomic E-state index is 0.278. The molecule has 4 N–H and O–H groups in total. The van der Waals surface area contributed by atoms with Crippen LogP contribution in [0.4, 0.5) is 22.7 Å². The second-order valence-corrected chi connectivity index (χ2v) is 15.6. The summed E-state index contributed by atoms with van der Waals surface area (Å²) in [6, 6.07) is 13.3. The van der Waals surface area contributed by atoms with Gasteiger partial charge in [-0.2, -0.15) is 16.8 Å². The van der Waals surface area contributed by atoms with E-state index in [9.17, 15) is 63.0 Å². The number of non-ortho nitro benzene ring substituents is 2. The molecule has 0 unspecified atom stereocenters. The first kappa shape index (κ1) is 35.6. The lowest BCUT2D eigenvalue weighted by Crippen LogP contribution is -2.14. The second-order valence-electron chi connectivity index (χ2n) is 9.50. The molecule has 0 fully saturated rings. The van der Waals surface area contributed by atoms with Crippen LogP contribution in [0.15, 0.2) is 105 Å². The fourth-order valence-electron chi connectivity index (χ4n) is 4.02. The Bertz CT molecular complexity index is 2240. The van der Waals surface area contributed by atoms with E-state index in [4.69, 9.17) is 0 Å². The van der Waals surface area contributed by atoms with E-state index in [1.165, 1.54) is 0 Å². The summed E-state index contributed by atoms with van der Waals surface area (Å²) in [4.78, 5) is 17.7. The number of nitro benzene ring substituents is 2. The SMILES string of the molecule is O=[N+]([O-])c1ccc(S(=O)(=O)Nc2ccc(/C=C/c3ccc(NS(=O)(=O)c4ccc([N+](=O)[O-])cc4)cc3S(=O)(=O)O)c(S(=O)(=O)O)c2)cc1. The van der Waals surface area contributed by atoms with Crippen LogP contribution in [0.5, 0.6) is 0 Å². The smallest absolute Gasteiger partial charge is 0.282 e. The number of benzene rings is 4. The minimum atomic E-state index is -5.04. The molecule has 0 bridgehead atoms. The summed E-state index contributed by atoms with van der Waals surface area (Å²) in [5.74, 6) is 0. The predicted octanol–water partition coefficient (Wildman–Crippen LogP) is 3.77. The molecule has 0 radical (unpaired) electrons. The Kier molecular flexibility index (Phi) is 9.71. The van der Waals surface area contributed by atoms with Crippen molar-refractivity contribution in [2.24, 2.45) is 0 Å². The molecule has 0 amide bonds. The van der Waals surface area contributed by atoms with Gasteiger partial charge in [0.1, 0.15) is 9.79 Å². The first-order chi connectivity index (χ1) is 22.2. The monoisotopic (exact) mass is 740 g/mol. The third kappa shape index (κ3) is 8.36. The van der Waals surface area contributed by atoms with Crippen molar-refractivity contribution in [2.45, 2.75) is 19.6 Å². The molecule has 22 heteroatoms. The second kappa shape index (κ2) is 13.1. The van der Waals surface area contributed by atoms with Crippen molar-refractivity contribution in [3.8, 4) is 0 Å². The highest BCUT2D eigenvalue weighted by Gasteiger charge is 2.22. The molecule has 252 valence electrons. The van der Waals surface area contributed by atoms with Gasteiger partial charge in [-0.15, -0.1) is 0 Å². The van der Waals surface area contributed by atoms with Crippen molar-refractivity contribution in [3.05, 3.63) is 116 Å². The highest BCUT2D eigenvalue weighted by Crippen LogP contribution is 2.28. The Morgan fingerprint density at radius 1 is 0.521 bits per heavy atom. The molecule has 4 rings (SSSR count). The van der Waals surface area contributed by atoms with Gasteiger partial charge in [0, 0.05) is 24.3 Å². The van der Waals surface area contributed by atoms with Crippen molar-refractivity contribution in [2.75, 3.05) is 9.44 Å². The fraction of sp³-hybridized carbons (Fsp3) is 0. The molecule has 4 aromatic rings. The third-order valence-electron chi connectivity index (χ3n) is 6.25. The molecule has 4 aromatic carbocycles. The van der Waals surface area contributed by atoms with Crippen LogP contribution < -0.4 is 9.44 Å². The molecule has 0 spiro atoms. The van der Waals surface area contributed by atoms with Crippen molar-refractivity contribution in [1.82, 2.24) is 0 Å². The number of nitrogens with one attached hydrogen (secondary N) is 2. The Morgan fingerprint density at radius 3 is 1.10 bits per heavy atom. The van der Waals surface area contributed by atoms with Crippen LogP contribution in [-0.2, 0) is 40.3 Å². The quantitative estimate of drug-likeness (QED) is 0.0696. The van der Waals surface area contributed by atoms with Crippen molar-refractivity contribution in [3.63, 3.8) is 0 Å². The van der Waals surface area contributed by atoms with Crippen molar-refractivity contribution < 1.29 is 52.6 Å². The van der Waals surface area contributed by atoms with E-state index in [0.29, 0.717) is 0 Å². The van der Waals surface area contributed by atoms with E-state index in [1.807, 2.05) is 0 Å². The molecule has 0 atom stereocenters. The summed E-state index contributed by atoms with van der Waals surface area (Å²) in [7, 11) is -18.8. The first-order valence-corrected chi connectivity index (χ1v) is 18.5. The molecular weight excluding hydrogens is 721 g/mol. The lowest BCUT2D eigenvalue weighted by molar-refractivity contribution is -0.385. The van der Waals surface area contributed by atoms with E-state index in [2.05, 4.69) is 9.44 Å². The maximum absolute atomic E-state index is 12.7. The van der Waals surface area contributed by atoms with Crippen LogP contribution in [0.2, 0.25) is 0 Å². The van der Waals surface area contributed by atoms with E-state index in [0.717, 1.165) is 97.1 Å². The Labute approximate surface area is 272 Å². The summed E-state index contributed by atoms with van der Waals surface area (Å²) in [6.45, 7) is 0. The van der Waals surface area contributed by atoms with Gasteiger partial charge in [-0.3, -0.25) is 38.8 Å². The Balaban J connectivity index is 1.66. The van der Waals surface area contributed by atoms with Gasteiger partial charge < -0.3 is 0 Å². The molecule has 48 heavy (non-hydrogen) atoms. The lowest BCUT2D eigenvalue weighted by atomic mass is 10.1. The van der Waals surface area contributed by atoms with Gasteiger partial charge in [-0.05, 0) is 59.7 Å². The number of sulfonamides is 2. The standard InChI is InChI=1S/C26H20N4O14S4/c31-29(32)21-7-11-23(12-8-21)45(35,36)27-19-5-3-17(25(15-19)47(39,40)41)1-2-18-4-6-20(16-26(18)48(42,43)44)28-46(37,38)24-13-9-22(10-14-24)30(33)34/h1-16,27-28H,(H,39,40,41)(H,42,43,44)/b2-1+. The maximum atomic E-state index is 12.7. The summed E-state index contributed by atoms with van der Waals surface area (Å²) < 4.78 is 123. The number of nitro groups is 2. The molecule has 0 aliphatic heterocycles. The van der Waals surface area contributed by atoms with E-state index in [-0.39, 0.29) is 33.9 Å². The van der Waals surface area contributed by atoms with E-state index >= 15 is 0 Å². The zero-order valence-electron chi connectivity index (χ0n) is 23.6. The van der Waals surface area contributed by atoms with Gasteiger partial charge in [0.2, 0.25) is 0 Å². The van der Waals surface area contributed by atoms with Crippen molar-refractivity contribution in [1.29, 1.82) is 0 Å². The van der Waals surface area contributed by atoms with Gasteiger partial charge >= 0.3 is 0 Å². The Morgan fingerprint density at radius 2 is 0.833 bits per heavy atom. The van der Waals surface area contributed by atoms with Crippen LogP contribution in [0.25, 0.3) is 12.2 Å². The van der Waals surface area contributed by atoms with Gasteiger partial charge in [-0.25, -0.2) is 16.8 Å². The summed E-state index contributed by atoms with van der Waals surface area (Å²) in [5.41, 5.74) is -2.01. The molecule has 0 heterocycles. The third-order valence-corrected chi connectivity index (χ3v) is 10.9. The largest absolute Gasteiger partial charge is 0.295 e. The molecule has 0 aromatic heterocycles. The number of rotatable bonds is 12. The van der Waals surface area contributed by atoms with Gasteiger partial charge in [-0.1, -0.05) is 24.3 Å². The van der Waals surface area contributed by atoms with Crippen LogP contribution in [0.1, 0.15) is 11.1 Å². The number of anilines is 2. The normalized spacial score (nSPS) is 12.5. The zero-order chi connectivity index (χ0) is 35.7. The number of nitrogens with zero attached hydrogens (tertiary/aromatic N) is 2. The van der Waals surface area contributed by atoms with E-state index < -0.39 is 69.7 Å². The fourth-order valence-corrected chi connectivity index (χ4v) is 7.54. The van der Waals surface area contributed by atoms with Gasteiger partial charge in [0.25, 0.3) is 51.7 Å². The predicted molar refractivity (Wildman–Crippen MR) is 169 cm³/mol. The van der Waals surface area contributed by atoms with Crippen LogP contribution in [0, 0.1) is 20.2 Å². The van der Waals surface area contributed by atoms with Crippen LogP contribution in [0.3, 0.4) is 0 Å². The number of hydrogen-bond acceptors (Lipinski definition) is 12. The lowest BCUT2D eigenvalue weighted by Gasteiger charge is -2.12. The number of hydrogen-bond donors (Lipinski definition) is 4. The summed E-state index contributed by atoms with van der Waals surface area (Å²) >= 11 is 0. The molecule has 0 saturated heterocycles. The maximum Gasteiger partial charge on any atom is 0.295 e. The molecule has 0 aliphatic carbocycles. The molecule has 18 nitrogen and oxygen atoms in total. The topological polar surface area (TPSA) is 287 Å². The van der Waals surface area contributed by atoms with Gasteiger partial charge in [0.15, 0.2) is 0 Å². The highest BCUT2D eigenvalue weighted by molar-refractivity contribution is 7.93. The average molecular weight is 741 g/mol. The summed E-state index contributed by atoms with van der Waals surface area (Å²) in [5, 5.41) is 21.7.